The molecule has 0 unspecified atom stereocenters. The lowest BCUT2D eigenvalue weighted by Gasteiger charge is -2.43. The van der Waals surface area contributed by atoms with E-state index in [9.17, 15) is 9.59 Å². The highest BCUT2D eigenvalue weighted by atomic mass is 16.2. The normalized spacial score (nSPS) is 20.3. The van der Waals surface area contributed by atoms with Gasteiger partial charge in [-0.15, -0.1) is 0 Å². The van der Waals surface area contributed by atoms with Crippen molar-refractivity contribution < 1.29 is 9.59 Å². The van der Waals surface area contributed by atoms with Crippen LogP contribution in [0.4, 0.5) is 5.82 Å². The lowest BCUT2D eigenvalue weighted by molar-refractivity contribution is -0.130. The zero-order valence-corrected chi connectivity index (χ0v) is 9.98. The molecule has 1 N–H and O–H groups in total. The molecular weight excluding hydrogens is 228 g/mol. The van der Waals surface area contributed by atoms with E-state index in [1.54, 1.807) is 12.3 Å². The molecule has 4 heteroatoms. The molecule has 1 aromatic heterocycles. The Morgan fingerprint density at radius 3 is 2.89 bits per heavy atom. The number of carbonyl (C=O) groups excluding carboxylic acids is 2. The SMILES string of the molecule is O=C/C=C/c1cnc2c(c1)CC1(CCC1)C(=O)N2. The van der Waals surface area contributed by atoms with Crippen LogP contribution in [0.15, 0.2) is 18.3 Å². The summed E-state index contributed by atoms with van der Waals surface area (Å²) in [7, 11) is 0. The third-order valence-corrected chi connectivity index (χ3v) is 3.91. The molecule has 0 saturated heterocycles. The highest BCUT2D eigenvalue weighted by Crippen LogP contribution is 2.47. The number of hydrogen-bond donors (Lipinski definition) is 1. The van der Waals surface area contributed by atoms with E-state index in [0.29, 0.717) is 5.82 Å². The molecule has 0 aromatic carbocycles. The summed E-state index contributed by atoms with van der Waals surface area (Å²) >= 11 is 0. The number of nitrogens with zero attached hydrogens (tertiary/aromatic N) is 1. The van der Waals surface area contributed by atoms with Gasteiger partial charge in [0.25, 0.3) is 0 Å². The van der Waals surface area contributed by atoms with E-state index >= 15 is 0 Å². The van der Waals surface area contributed by atoms with E-state index in [-0.39, 0.29) is 11.3 Å². The predicted molar refractivity (Wildman–Crippen MR) is 68.0 cm³/mol. The van der Waals surface area contributed by atoms with Crippen molar-refractivity contribution in [1.29, 1.82) is 0 Å². The largest absolute Gasteiger partial charge is 0.310 e. The van der Waals surface area contributed by atoms with E-state index in [0.717, 1.165) is 43.1 Å². The topological polar surface area (TPSA) is 59.1 Å². The lowest BCUT2D eigenvalue weighted by atomic mass is 9.63. The van der Waals surface area contributed by atoms with Crippen LogP contribution in [0.1, 0.15) is 30.4 Å². The Morgan fingerprint density at radius 1 is 1.39 bits per heavy atom. The van der Waals surface area contributed by atoms with Gasteiger partial charge in [0.1, 0.15) is 12.1 Å². The first-order chi connectivity index (χ1) is 8.73. The van der Waals surface area contributed by atoms with Gasteiger partial charge in [0.2, 0.25) is 5.91 Å². The Bertz CT molecular complexity index is 545. The average molecular weight is 242 g/mol. The van der Waals surface area contributed by atoms with Gasteiger partial charge in [-0.1, -0.05) is 12.5 Å². The van der Waals surface area contributed by atoms with Gasteiger partial charge in [0.05, 0.1) is 5.41 Å². The van der Waals surface area contributed by atoms with Crippen LogP contribution in [0, 0.1) is 5.41 Å². The van der Waals surface area contributed by atoms with E-state index in [4.69, 9.17) is 0 Å². The quantitative estimate of drug-likeness (QED) is 0.637. The second-order valence-corrected chi connectivity index (χ2v) is 5.04. The second kappa shape index (κ2) is 4.05. The molecule has 1 aromatic rings. The van der Waals surface area contributed by atoms with Crippen molar-refractivity contribution in [3.05, 3.63) is 29.5 Å². The number of hydrogen-bond acceptors (Lipinski definition) is 3. The average Bonchev–Trinajstić information content (AvgIpc) is 2.33. The van der Waals surface area contributed by atoms with Crippen molar-refractivity contribution in [1.82, 2.24) is 4.98 Å². The minimum atomic E-state index is -0.193. The van der Waals surface area contributed by atoms with Crippen LogP contribution in [0.5, 0.6) is 0 Å². The molecule has 0 radical (unpaired) electrons. The summed E-state index contributed by atoms with van der Waals surface area (Å²) in [5, 5.41) is 2.89. The molecule has 92 valence electrons. The second-order valence-electron chi connectivity index (χ2n) is 5.04. The van der Waals surface area contributed by atoms with Gasteiger partial charge in [0, 0.05) is 6.20 Å². The zero-order chi connectivity index (χ0) is 12.6. The molecule has 1 amide bonds. The maximum atomic E-state index is 12.0. The predicted octanol–water partition coefficient (Wildman–Crippen LogP) is 1.96. The standard InChI is InChI=1S/C14H14N2O2/c17-6-1-3-10-7-11-8-14(4-2-5-14)13(18)16-12(11)15-9-10/h1,3,6-7,9H,2,4-5,8H2,(H,15,16,18)/b3-1+. The van der Waals surface area contributed by atoms with Gasteiger partial charge in [-0.25, -0.2) is 4.98 Å². The highest BCUT2D eigenvalue weighted by Gasteiger charge is 2.47. The van der Waals surface area contributed by atoms with Crippen LogP contribution >= 0.6 is 0 Å². The molecule has 3 rings (SSSR count). The van der Waals surface area contributed by atoms with E-state index in [2.05, 4.69) is 10.3 Å². The molecule has 0 bridgehead atoms. The fourth-order valence-electron chi connectivity index (χ4n) is 2.71. The lowest BCUT2D eigenvalue weighted by Crippen LogP contribution is -2.46. The van der Waals surface area contributed by atoms with Gasteiger partial charge < -0.3 is 5.32 Å². The molecule has 4 nitrogen and oxygen atoms in total. The number of carbonyl (C=O) groups is 2. The minimum absolute atomic E-state index is 0.116. The minimum Gasteiger partial charge on any atom is -0.310 e. The number of fused-ring (bicyclic) bond motifs is 1. The van der Waals surface area contributed by atoms with Crippen LogP contribution in [-0.2, 0) is 16.0 Å². The molecule has 0 atom stereocenters. The number of amides is 1. The first-order valence-electron chi connectivity index (χ1n) is 6.16. The van der Waals surface area contributed by atoms with E-state index < -0.39 is 0 Å². The van der Waals surface area contributed by atoms with Crippen LogP contribution in [-0.4, -0.2) is 17.2 Å². The number of anilines is 1. The number of aromatic nitrogens is 1. The molecule has 1 fully saturated rings. The molecule has 1 spiro atoms. The van der Waals surface area contributed by atoms with Gasteiger partial charge in [-0.2, -0.15) is 0 Å². The highest BCUT2D eigenvalue weighted by molar-refractivity contribution is 5.98. The van der Waals surface area contributed by atoms with Gasteiger partial charge >= 0.3 is 0 Å². The van der Waals surface area contributed by atoms with Gasteiger partial charge in [0.15, 0.2) is 0 Å². The summed E-state index contributed by atoms with van der Waals surface area (Å²) in [4.78, 5) is 26.6. The molecule has 1 aliphatic heterocycles. The first-order valence-corrected chi connectivity index (χ1v) is 6.16. The molecule has 18 heavy (non-hydrogen) atoms. The number of allylic oxidation sites excluding steroid dienone is 1. The monoisotopic (exact) mass is 242 g/mol. The Balaban J connectivity index is 1.94. The summed E-state index contributed by atoms with van der Waals surface area (Å²) < 4.78 is 0. The maximum absolute atomic E-state index is 12.0. The van der Waals surface area contributed by atoms with Crippen LogP contribution in [0.3, 0.4) is 0 Å². The molecule has 1 saturated carbocycles. The third-order valence-electron chi connectivity index (χ3n) is 3.91. The third kappa shape index (κ3) is 1.65. The van der Waals surface area contributed by atoms with Crippen molar-refractivity contribution in [2.45, 2.75) is 25.7 Å². The van der Waals surface area contributed by atoms with Crippen molar-refractivity contribution >= 4 is 24.1 Å². The Morgan fingerprint density at radius 2 is 2.22 bits per heavy atom. The van der Waals surface area contributed by atoms with Gasteiger partial charge in [-0.3, -0.25) is 9.59 Å². The zero-order valence-electron chi connectivity index (χ0n) is 9.98. The van der Waals surface area contributed by atoms with Crippen LogP contribution in [0.2, 0.25) is 0 Å². The number of aldehydes is 1. The van der Waals surface area contributed by atoms with Crippen molar-refractivity contribution in [2.75, 3.05) is 5.32 Å². The molecule has 2 aliphatic rings. The summed E-state index contributed by atoms with van der Waals surface area (Å²) in [6.07, 6.45) is 9.41. The number of rotatable bonds is 2. The Labute approximate surface area is 105 Å². The summed E-state index contributed by atoms with van der Waals surface area (Å²) in [5.41, 5.74) is 1.77. The van der Waals surface area contributed by atoms with Crippen molar-refractivity contribution in [3.63, 3.8) is 0 Å². The fourth-order valence-corrected chi connectivity index (χ4v) is 2.71. The maximum Gasteiger partial charge on any atom is 0.232 e. The van der Waals surface area contributed by atoms with Gasteiger partial charge in [-0.05, 0) is 42.5 Å². The fraction of sp³-hybridized carbons (Fsp3) is 0.357. The number of pyridine rings is 1. The van der Waals surface area contributed by atoms with Crippen LogP contribution in [0.25, 0.3) is 6.08 Å². The summed E-state index contributed by atoms with van der Waals surface area (Å²) in [6.45, 7) is 0. The molecular formula is C14H14N2O2. The Hall–Kier alpha value is -1.97. The Kier molecular flexibility index (Phi) is 2.51. The number of nitrogens with one attached hydrogen (secondary N) is 1. The van der Waals surface area contributed by atoms with Crippen LogP contribution < -0.4 is 5.32 Å². The smallest absolute Gasteiger partial charge is 0.232 e. The van der Waals surface area contributed by atoms with Crippen molar-refractivity contribution in [2.24, 2.45) is 5.41 Å². The summed E-state index contributed by atoms with van der Waals surface area (Å²) in [5.74, 6) is 0.783. The first kappa shape index (κ1) is 11.1. The van der Waals surface area contributed by atoms with E-state index in [1.807, 2.05) is 6.07 Å². The van der Waals surface area contributed by atoms with Crippen molar-refractivity contribution in [3.8, 4) is 0 Å². The van der Waals surface area contributed by atoms with E-state index in [1.165, 1.54) is 6.08 Å². The molecule has 1 aliphatic carbocycles. The molecule has 2 heterocycles. The summed E-state index contributed by atoms with van der Waals surface area (Å²) in [6, 6.07) is 2.00.